The third kappa shape index (κ3) is 3.82. The number of rotatable bonds is 4. The van der Waals surface area contributed by atoms with Crippen molar-refractivity contribution in [2.24, 2.45) is 0 Å². The largest absolute Gasteiger partial charge is 0.497 e. The van der Waals surface area contributed by atoms with Gasteiger partial charge in [0.05, 0.1) is 23.4 Å². The van der Waals surface area contributed by atoms with Gasteiger partial charge in [-0.2, -0.15) is 5.10 Å². The highest BCUT2D eigenvalue weighted by Gasteiger charge is 2.18. The molecule has 0 spiro atoms. The Bertz CT molecular complexity index is 904. The average Bonchev–Trinajstić information content (AvgIpc) is 3.28. The summed E-state index contributed by atoms with van der Waals surface area (Å²) in [7, 11) is 1.63. The second-order valence-corrected chi connectivity index (χ2v) is 7.02. The highest BCUT2D eigenvalue weighted by molar-refractivity contribution is 7.22. The minimum absolute atomic E-state index is 0. The molecule has 0 aliphatic carbocycles. The van der Waals surface area contributed by atoms with Gasteiger partial charge in [0.15, 0.2) is 10.8 Å². The smallest absolute Gasteiger partial charge is 0.277 e. The zero-order valence-electron chi connectivity index (χ0n) is 14.3. The minimum Gasteiger partial charge on any atom is -0.497 e. The molecular weight excluding hydrogens is 374 g/mol. The predicted octanol–water partition coefficient (Wildman–Crippen LogP) is 3.10. The topological polar surface area (TPSA) is 81.1 Å². The van der Waals surface area contributed by atoms with Gasteiger partial charge in [0.1, 0.15) is 5.75 Å². The van der Waals surface area contributed by atoms with E-state index in [1.54, 1.807) is 13.2 Å². The molecule has 1 atom stereocenters. The van der Waals surface area contributed by atoms with Crippen LogP contribution in [0.25, 0.3) is 10.2 Å². The van der Waals surface area contributed by atoms with Gasteiger partial charge < -0.3 is 10.1 Å². The summed E-state index contributed by atoms with van der Waals surface area (Å²) in [5, 5.41) is 11.2. The van der Waals surface area contributed by atoms with Crippen molar-refractivity contribution in [1.29, 1.82) is 0 Å². The van der Waals surface area contributed by atoms with Gasteiger partial charge in [0.2, 0.25) is 0 Å². The lowest BCUT2D eigenvalue weighted by Gasteiger charge is -2.22. The van der Waals surface area contributed by atoms with Crippen LogP contribution in [0.3, 0.4) is 0 Å². The van der Waals surface area contributed by atoms with Crippen molar-refractivity contribution < 1.29 is 9.53 Å². The van der Waals surface area contributed by atoms with Gasteiger partial charge in [-0.15, -0.1) is 12.4 Å². The van der Waals surface area contributed by atoms with Gasteiger partial charge >= 0.3 is 0 Å². The number of carbonyl (C=O) groups excluding carboxylic acids is 1. The first-order valence-corrected chi connectivity index (χ1v) is 9.06. The highest BCUT2D eigenvalue weighted by Crippen LogP contribution is 2.29. The number of carbonyl (C=O) groups is 1. The molecule has 138 valence electrons. The maximum Gasteiger partial charge on any atom is 0.277 e. The van der Waals surface area contributed by atoms with Gasteiger partial charge in [0.25, 0.3) is 5.91 Å². The maximum atomic E-state index is 12.4. The monoisotopic (exact) mass is 393 g/mol. The number of aromatic nitrogens is 3. The summed E-state index contributed by atoms with van der Waals surface area (Å²) in [6, 6.07) is 7.71. The van der Waals surface area contributed by atoms with Crippen LogP contribution in [0.2, 0.25) is 0 Å². The fourth-order valence-corrected chi connectivity index (χ4v) is 3.86. The Kier molecular flexibility index (Phi) is 5.75. The van der Waals surface area contributed by atoms with Crippen molar-refractivity contribution >= 4 is 45.0 Å². The van der Waals surface area contributed by atoms with Gasteiger partial charge in [-0.25, -0.2) is 4.98 Å². The summed E-state index contributed by atoms with van der Waals surface area (Å²) in [6.45, 7) is 1.94. The SMILES string of the molecule is COc1ccc2nc(NC(=O)c3ccn(C4CCCNC4)n3)sc2c1.Cl. The average molecular weight is 394 g/mol. The zero-order chi connectivity index (χ0) is 17.2. The Morgan fingerprint density at radius 2 is 2.31 bits per heavy atom. The summed E-state index contributed by atoms with van der Waals surface area (Å²) >= 11 is 1.42. The number of amides is 1. The lowest BCUT2D eigenvalue weighted by Crippen LogP contribution is -2.32. The summed E-state index contributed by atoms with van der Waals surface area (Å²) in [4.78, 5) is 16.9. The molecule has 7 nitrogen and oxygen atoms in total. The zero-order valence-corrected chi connectivity index (χ0v) is 15.9. The minimum atomic E-state index is -0.242. The molecule has 2 aromatic heterocycles. The number of hydrogen-bond donors (Lipinski definition) is 2. The van der Waals surface area contributed by atoms with Crippen molar-refractivity contribution in [2.75, 3.05) is 25.5 Å². The fourth-order valence-electron chi connectivity index (χ4n) is 2.97. The molecule has 9 heteroatoms. The van der Waals surface area contributed by atoms with Crippen LogP contribution in [0.1, 0.15) is 29.4 Å². The molecule has 1 unspecified atom stereocenters. The molecule has 1 saturated heterocycles. The van der Waals surface area contributed by atoms with Crippen molar-refractivity contribution in [3.63, 3.8) is 0 Å². The van der Waals surface area contributed by atoms with Crippen LogP contribution < -0.4 is 15.4 Å². The van der Waals surface area contributed by atoms with E-state index in [1.807, 2.05) is 29.1 Å². The third-order valence-electron chi connectivity index (χ3n) is 4.30. The van der Waals surface area contributed by atoms with Crippen molar-refractivity contribution in [1.82, 2.24) is 20.1 Å². The molecular formula is C17H20ClN5O2S. The van der Waals surface area contributed by atoms with E-state index in [4.69, 9.17) is 4.74 Å². The molecule has 1 fully saturated rings. The Morgan fingerprint density at radius 3 is 3.08 bits per heavy atom. The van der Waals surface area contributed by atoms with E-state index in [1.165, 1.54) is 11.3 Å². The Morgan fingerprint density at radius 1 is 1.42 bits per heavy atom. The standard InChI is InChI=1S/C17H19N5O2S.ClH/c1-24-12-4-5-13-15(9-12)25-17(19-13)20-16(23)14-6-8-22(21-14)11-3-2-7-18-10-11;/h4-6,8-9,11,18H,2-3,7,10H2,1H3,(H,19,20,23);1H. The van der Waals surface area contributed by atoms with Gasteiger partial charge in [-0.1, -0.05) is 11.3 Å². The summed E-state index contributed by atoms with van der Waals surface area (Å²) < 4.78 is 8.06. The molecule has 0 radical (unpaired) electrons. The number of nitrogens with zero attached hydrogens (tertiary/aromatic N) is 3. The van der Waals surface area contributed by atoms with Crippen LogP contribution in [0, 0.1) is 0 Å². The summed E-state index contributed by atoms with van der Waals surface area (Å²) in [6.07, 6.45) is 4.08. The molecule has 3 heterocycles. The number of ether oxygens (including phenoxy) is 1. The number of nitrogens with one attached hydrogen (secondary N) is 2. The van der Waals surface area contributed by atoms with Gasteiger partial charge in [0, 0.05) is 12.7 Å². The second-order valence-electron chi connectivity index (χ2n) is 5.99. The predicted molar refractivity (Wildman–Crippen MR) is 105 cm³/mol. The molecule has 1 amide bonds. The quantitative estimate of drug-likeness (QED) is 0.711. The van der Waals surface area contributed by atoms with Crippen LogP contribution >= 0.6 is 23.7 Å². The van der Waals surface area contributed by atoms with Gasteiger partial charge in [-0.05, 0) is 43.7 Å². The summed E-state index contributed by atoms with van der Waals surface area (Å²) in [5.74, 6) is 0.530. The Labute approximate surface area is 161 Å². The first-order chi connectivity index (χ1) is 12.2. The fraction of sp³-hybridized carbons (Fsp3) is 0.353. The van der Waals surface area contributed by atoms with E-state index in [2.05, 4.69) is 20.7 Å². The van der Waals surface area contributed by atoms with Crippen LogP contribution in [0.5, 0.6) is 5.75 Å². The highest BCUT2D eigenvalue weighted by atomic mass is 35.5. The number of benzene rings is 1. The summed E-state index contributed by atoms with van der Waals surface area (Å²) in [5.41, 5.74) is 1.24. The Balaban J connectivity index is 0.00000196. The maximum absolute atomic E-state index is 12.4. The van der Waals surface area contributed by atoms with E-state index >= 15 is 0 Å². The normalized spacial score (nSPS) is 16.9. The number of thiazole rings is 1. The van der Waals surface area contributed by atoms with E-state index < -0.39 is 0 Å². The number of fused-ring (bicyclic) bond motifs is 1. The van der Waals surface area contributed by atoms with E-state index in [0.717, 1.165) is 41.9 Å². The third-order valence-corrected chi connectivity index (χ3v) is 5.24. The van der Waals surface area contributed by atoms with E-state index in [9.17, 15) is 4.79 Å². The first-order valence-electron chi connectivity index (χ1n) is 8.25. The number of methoxy groups -OCH3 is 1. The van der Waals surface area contributed by atoms with E-state index in [-0.39, 0.29) is 18.3 Å². The van der Waals surface area contributed by atoms with Crippen molar-refractivity contribution in [2.45, 2.75) is 18.9 Å². The van der Waals surface area contributed by atoms with Crippen LogP contribution in [-0.2, 0) is 0 Å². The molecule has 0 saturated carbocycles. The van der Waals surface area contributed by atoms with Crippen LogP contribution in [0.15, 0.2) is 30.5 Å². The number of hydrogen-bond acceptors (Lipinski definition) is 6. The molecule has 1 aliphatic rings. The molecule has 0 bridgehead atoms. The number of anilines is 1. The molecule has 4 rings (SSSR count). The Hall–Kier alpha value is -2.16. The number of piperidine rings is 1. The molecule has 2 N–H and O–H groups in total. The van der Waals surface area contributed by atoms with Gasteiger partial charge in [-0.3, -0.25) is 14.8 Å². The molecule has 1 aromatic carbocycles. The van der Waals surface area contributed by atoms with Crippen LogP contribution in [-0.4, -0.2) is 40.9 Å². The molecule has 1 aliphatic heterocycles. The lowest BCUT2D eigenvalue weighted by molar-refractivity contribution is 0.102. The van der Waals surface area contributed by atoms with Crippen molar-refractivity contribution in [3.05, 3.63) is 36.2 Å². The molecule has 3 aromatic rings. The first kappa shape index (κ1) is 18.6. The van der Waals surface area contributed by atoms with E-state index in [0.29, 0.717) is 16.9 Å². The van der Waals surface area contributed by atoms with Crippen LogP contribution in [0.4, 0.5) is 5.13 Å². The number of halogens is 1. The van der Waals surface area contributed by atoms with Crippen molar-refractivity contribution in [3.8, 4) is 5.75 Å². The molecule has 26 heavy (non-hydrogen) atoms. The second kappa shape index (κ2) is 8.03. The lowest BCUT2D eigenvalue weighted by atomic mass is 10.1.